The number of hydrogen-bond donors (Lipinski definition) is 0. The van der Waals surface area contributed by atoms with Gasteiger partial charge in [-0.15, -0.1) is 6.58 Å². The van der Waals surface area contributed by atoms with Gasteiger partial charge in [0.05, 0.1) is 6.61 Å². The van der Waals surface area contributed by atoms with Crippen LogP contribution in [-0.4, -0.2) is 47.4 Å². The van der Waals surface area contributed by atoms with Crippen LogP contribution in [0.15, 0.2) is 54.6 Å². The van der Waals surface area contributed by atoms with E-state index in [1.165, 1.54) is 9.80 Å². The van der Waals surface area contributed by atoms with Gasteiger partial charge >= 0.3 is 0 Å². The molecule has 0 saturated carbocycles. The summed E-state index contributed by atoms with van der Waals surface area (Å²) in [6, 6.07) is 11.8. The molecular formula is C25H25IN2O4S. The predicted octanol–water partition coefficient (Wildman–Crippen LogP) is 4.60. The molecule has 33 heavy (non-hydrogen) atoms. The monoisotopic (exact) mass is 576 g/mol. The molecule has 6 nitrogen and oxygen atoms in total. The molecule has 1 aliphatic heterocycles. The smallest absolute Gasteiger partial charge is 0.265 e. The lowest BCUT2D eigenvalue weighted by molar-refractivity contribution is -0.132. The molecule has 8 heteroatoms. The Morgan fingerprint density at radius 1 is 1.06 bits per heavy atom. The fourth-order valence-corrected chi connectivity index (χ4v) is 3.90. The second-order valence-electron chi connectivity index (χ2n) is 7.42. The van der Waals surface area contributed by atoms with Crippen LogP contribution in [0.3, 0.4) is 0 Å². The number of thiocarbonyl (C=S) groups is 1. The second kappa shape index (κ2) is 10.9. The lowest BCUT2D eigenvalue weighted by Gasteiger charge is -2.31. The summed E-state index contributed by atoms with van der Waals surface area (Å²) in [6.45, 7) is 6.56. The van der Waals surface area contributed by atoms with Crippen molar-refractivity contribution < 1.29 is 19.1 Å². The van der Waals surface area contributed by atoms with Crippen molar-refractivity contribution in [3.63, 3.8) is 0 Å². The van der Waals surface area contributed by atoms with E-state index in [9.17, 15) is 9.59 Å². The number of ether oxygens (including phenoxy) is 2. The highest BCUT2D eigenvalue weighted by molar-refractivity contribution is 14.1. The highest BCUT2D eigenvalue weighted by Gasteiger charge is 2.35. The highest BCUT2D eigenvalue weighted by Crippen LogP contribution is 2.35. The van der Waals surface area contributed by atoms with Crippen LogP contribution in [0.5, 0.6) is 11.5 Å². The van der Waals surface area contributed by atoms with Crippen molar-refractivity contribution in [2.24, 2.45) is 0 Å². The molecule has 0 radical (unpaired) electrons. The second-order valence-corrected chi connectivity index (χ2v) is 9.03. The Labute approximate surface area is 213 Å². The largest absolute Gasteiger partial charge is 0.490 e. The van der Waals surface area contributed by atoms with Crippen LogP contribution >= 0.6 is 34.8 Å². The molecule has 1 fully saturated rings. The first-order chi connectivity index (χ1) is 15.8. The molecule has 0 unspecified atom stereocenters. The van der Waals surface area contributed by atoms with E-state index in [-0.39, 0.29) is 10.7 Å². The number of carbonyl (C=O) groups is 2. The van der Waals surface area contributed by atoms with Crippen molar-refractivity contribution in [1.29, 1.82) is 0 Å². The Balaban J connectivity index is 2.01. The van der Waals surface area contributed by atoms with Crippen molar-refractivity contribution in [2.75, 3.05) is 20.7 Å². The molecule has 0 bridgehead atoms. The van der Waals surface area contributed by atoms with Crippen LogP contribution < -0.4 is 9.47 Å². The minimum Gasteiger partial charge on any atom is -0.490 e. The van der Waals surface area contributed by atoms with Gasteiger partial charge in [-0.2, -0.15) is 0 Å². The minimum absolute atomic E-state index is 0.0353. The van der Waals surface area contributed by atoms with Gasteiger partial charge in [-0.1, -0.05) is 18.2 Å². The average molecular weight is 576 g/mol. The SMILES string of the molecule is C=CCc1cc(C=C2C(=O)N(C)C(=S)N(C)C2=O)cc(OCC)c1OCc1ccc(I)cc1. The fourth-order valence-electron chi connectivity index (χ4n) is 3.38. The van der Waals surface area contributed by atoms with Crippen molar-refractivity contribution in [2.45, 2.75) is 20.0 Å². The van der Waals surface area contributed by atoms with Crippen LogP contribution in [0.1, 0.15) is 23.6 Å². The maximum atomic E-state index is 12.7. The van der Waals surface area contributed by atoms with E-state index in [0.29, 0.717) is 36.7 Å². The van der Waals surface area contributed by atoms with Gasteiger partial charge in [0.1, 0.15) is 12.2 Å². The van der Waals surface area contributed by atoms with Gasteiger partial charge in [0, 0.05) is 23.2 Å². The normalized spacial score (nSPS) is 13.9. The molecule has 1 heterocycles. The number of allylic oxidation sites excluding steroid dienone is 1. The summed E-state index contributed by atoms with van der Waals surface area (Å²) in [5, 5.41) is 0.170. The van der Waals surface area contributed by atoms with Crippen molar-refractivity contribution >= 4 is 57.8 Å². The Kier molecular flexibility index (Phi) is 8.25. The molecule has 0 atom stereocenters. The average Bonchev–Trinajstić information content (AvgIpc) is 2.80. The summed E-state index contributed by atoms with van der Waals surface area (Å²) >= 11 is 7.42. The number of amides is 2. The lowest BCUT2D eigenvalue weighted by atomic mass is 10.0. The Hall–Kier alpha value is -2.72. The number of rotatable bonds is 8. The molecule has 2 amide bonds. The zero-order valence-electron chi connectivity index (χ0n) is 18.8. The number of hydrogen-bond acceptors (Lipinski definition) is 5. The summed E-state index contributed by atoms with van der Waals surface area (Å²) in [6.07, 6.45) is 3.87. The Morgan fingerprint density at radius 3 is 2.27 bits per heavy atom. The van der Waals surface area contributed by atoms with E-state index in [4.69, 9.17) is 21.7 Å². The molecule has 2 aromatic rings. The topological polar surface area (TPSA) is 59.1 Å². The first kappa shape index (κ1) is 24.9. The van der Waals surface area contributed by atoms with E-state index in [1.54, 1.807) is 32.3 Å². The molecular weight excluding hydrogens is 551 g/mol. The molecule has 0 aromatic heterocycles. The van der Waals surface area contributed by atoms with E-state index in [1.807, 2.05) is 37.3 Å². The quantitative estimate of drug-likeness (QED) is 0.151. The maximum absolute atomic E-state index is 12.7. The van der Waals surface area contributed by atoms with Crippen molar-refractivity contribution in [3.05, 3.63) is 74.9 Å². The van der Waals surface area contributed by atoms with E-state index in [0.717, 1.165) is 14.7 Å². The fraction of sp³-hybridized carbons (Fsp3) is 0.240. The summed E-state index contributed by atoms with van der Waals surface area (Å²) in [4.78, 5) is 28.0. The van der Waals surface area contributed by atoms with Gasteiger partial charge in [0.2, 0.25) is 0 Å². The summed E-state index contributed by atoms with van der Waals surface area (Å²) in [5.74, 6) is 0.284. The lowest BCUT2D eigenvalue weighted by Crippen LogP contribution is -2.52. The summed E-state index contributed by atoms with van der Waals surface area (Å²) < 4.78 is 13.2. The maximum Gasteiger partial charge on any atom is 0.265 e. The van der Waals surface area contributed by atoms with Crippen molar-refractivity contribution in [3.8, 4) is 11.5 Å². The zero-order valence-corrected chi connectivity index (χ0v) is 21.7. The standard InChI is InChI=1S/C25H25IN2O4S/c1-5-7-18-12-17(13-20-23(29)27(3)25(33)28(4)24(20)30)14-21(31-6-2)22(18)32-15-16-8-10-19(26)11-9-16/h5,8-14H,1,6-7,15H2,2-4H3. The highest BCUT2D eigenvalue weighted by atomic mass is 127. The van der Waals surface area contributed by atoms with Gasteiger partial charge in [0.25, 0.3) is 11.8 Å². The van der Waals surface area contributed by atoms with Crippen LogP contribution in [0, 0.1) is 3.57 Å². The molecule has 2 aromatic carbocycles. The predicted molar refractivity (Wildman–Crippen MR) is 141 cm³/mol. The third-order valence-electron chi connectivity index (χ3n) is 5.07. The van der Waals surface area contributed by atoms with Crippen LogP contribution in [0.25, 0.3) is 6.08 Å². The molecule has 3 rings (SSSR count). The Bertz CT molecular complexity index is 1100. The molecule has 0 N–H and O–H groups in total. The number of likely N-dealkylation sites (N-methyl/N-ethyl adjacent to an activating group) is 2. The summed E-state index contributed by atoms with van der Waals surface area (Å²) in [7, 11) is 3.11. The molecule has 1 aliphatic rings. The van der Waals surface area contributed by atoms with Crippen LogP contribution in [-0.2, 0) is 22.6 Å². The number of benzene rings is 2. The van der Waals surface area contributed by atoms with Crippen LogP contribution in [0.2, 0.25) is 0 Å². The van der Waals surface area contributed by atoms with Gasteiger partial charge in [-0.05, 0) is 89.6 Å². The molecule has 0 aliphatic carbocycles. The van der Waals surface area contributed by atoms with Gasteiger partial charge in [-0.3, -0.25) is 19.4 Å². The van der Waals surface area contributed by atoms with Crippen molar-refractivity contribution in [1.82, 2.24) is 9.80 Å². The first-order valence-corrected chi connectivity index (χ1v) is 11.8. The minimum atomic E-state index is -0.439. The number of nitrogens with zero attached hydrogens (tertiary/aromatic N) is 2. The molecule has 0 spiro atoms. The molecule has 172 valence electrons. The third kappa shape index (κ3) is 5.62. The Morgan fingerprint density at radius 2 is 1.70 bits per heavy atom. The van der Waals surface area contributed by atoms with Gasteiger partial charge in [-0.25, -0.2) is 0 Å². The molecule has 1 saturated heterocycles. The van der Waals surface area contributed by atoms with Crippen LogP contribution in [0.4, 0.5) is 0 Å². The summed E-state index contributed by atoms with van der Waals surface area (Å²) in [5.41, 5.74) is 2.58. The van der Waals surface area contributed by atoms with E-state index < -0.39 is 11.8 Å². The number of halogens is 1. The van der Waals surface area contributed by atoms with E-state index in [2.05, 4.69) is 29.2 Å². The third-order valence-corrected chi connectivity index (χ3v) is 6.34. The zero-order chi connectivity index (χ0) is 24.1. The first-order valence-electron chi connectivity index (χ1n) is 10.4. The number of carbonyl (C=O) groups excluding carboxylic acids is 2. The van der Waals surface area contributed by atoms with Gasteiger partial charge < -0.3 is 9.47 Å². The van der Waals surface area contributed by atoms with E-state index >= 15 is 0 Å². The van der Waals surface area contributed by atoms with Gasteiger partial charge in [0.15, 0.2) is 16.6 Å².